The van der Waals surface area contributed by atoms with Crippen LogP contribution >= 0.6 is 11.8 Å². The predicted molar refractivity (Wildman–Crippen MR) is 93.6 cm³/mol. The van der Waals surface area contributed by atoms with Gasteiger partial charge >= 0.3 is 6.03 Å². The molecule has 1 aromatic heterocycles. The lowest BCUT2D eigenvalue weighted by atomic mass is 9.95. The number of amides is 2. The van der Waals surface area contributed by atoms with E-state index in [1.165, 1.54) is 19.1 Å². The molecular weight excluding hydrogens is 312 g/mol. The van der Waals surface area contributed by atoms with Gasteiger partial charge in [-0.25, -0.2) is 4.79 Å². The van der Waals surface area contributed by atoms with E-state index >= 15 is 0 Å². The smallest absolute Gasteiger partial charge is 0.315 e. The van der Waals surface area contributed by atoms with Crippen molar-refractivity contribution in [3.8, 4) is 0 Å². The highest BCUT2D eigenvalue weighted by Gasteiger charge is 2.24. The number of rotatable bonds is 7. The summed E-state index contributed by atoms with van der Waals surface area (Å²) in [5, 5.41) is 16.7. The molecule has 3 N–H and O–H groups in total. The van der Waals surface area contributed by atoms with Gasteiger partial charge in [-0.3, -0.25) is 0 Å². The summed E-state index contributed by atoms with van der Waals surface area (Å²) in [5.41, 5.74) is 0. The van der Waals surface area contributed by atoms with Crippen LogP contribution in [0.25, 0.3) is 0 Å². The third kappa shape index (κ3) is 6.11. The van der Waals surface area contributed by atoms with E-state index in [4.69, 9.17) is 4.42 Å². The van der Waals surface area contributed by atoms with Crippen molar-refractivity contribution in [1.29, 1.82) is 0 Å². The summed E-state index contributed by atoms with van der Waals surface area (Å²) >= 11 is 1.99. The van der Waals surface area contributed by atoms with Crippen LogP contribution in [0.5, 0.6) is 0 Å². The van der Waals surface area contributed by atoms with E-state index in [0.717, 1.165) is 18.6 Å². The number of urea groups is 1. The molecule has 1 aliphatic rings. The van der Waals surface area contributed by atoms with E-state index in [1.54, 1.807) is 12.1 Å². The average molecular weight is 340 g/mol. The molecule has 0 radical (unpaired) electrons. The number of carbonyl (C=O) groups excluding carboxylic acids is 1. The molecule has 5 nitrogen and oxygen atoms in total. The molecule has 0 aromatic carbocycles. The van der Waals surface area contributed by atoms with Crippen LogP contribution in [0, 0.1) is 0 Å². The maximum absolute atomic E-state index is 12.1. The van der Waals surface area contributed by atoms with Crippen molar-refractivity contribution in [3.05, 3.63) is 24.2 Å². The minimum Gasteiger partial charge on any atom is -0.467 e. The fourth-order valence-corrected chi connectivity index (χ4v) is 4.28. The summed E-state index contributed by atoms with van der Waals surface area (Å²) < 4.78 is 5.18. The van der Waals surface area contributed by atoms with E-state index in [9.17, 15) is 9.90 Å². The van der Waals surface area contributed by atoms with Crippen LogP contribution in [-0.2, 0) is 0 Å². The van der Waals surface area contributed by atoms with Gasteiger partial charge in [-0.05, 0) is 44.1 Å². The zero-order valence-electron chi connectivity index (χ0n) is 14.0. The minimum absolute atomic E-state index is 0.125. The Hall–Kier alpha value is -1.14. The second-order valence-electron chi connectivity index (χ2n) is 6.23. The Bertz CT molecular complexity index is 464. The van der Waals surface area contributed by atoms with Crippen molar-refractivity contribution in [2.45, 2.75) is 69.4 Å². The van der Waals surface area contributed by atoms with Gasteiger partial charge in [0.1, 0.15) is 11.9 Å². The zero-order valence-corrected chi connectivity index (χ0v) is 14.8. The molecule has 1 fully saturated rings. The van der Waals surface area contributed by atoms with E-state index in [1.807, 2.05) is 18.7 Å². The first-order valence-electron chi connectivity index (χ1n) is 8.48. The molecule has 23 heavy (non-hydrogen) atoms. The molecule has 0 bridgehead atoms. The Balaban J connectivity index is 1.71. The molecule has 0 saturated heterocycles. The van der Waals surface area contributed by atoms with Crippen molar-refractivity contribution in [2.24, 2.45) is 0 Å². The lowest BCUT2D eigenvalue weighted by Gasteiger charge is -2.29. The van der Waals surface area contributed by atoms with Crippen LogP contribution in [0.15, 0.2) is 22.8 Å². The lowest BCUT2D eigenvalue weighted by molar-refractivity contribution is 0.129. The Morgan fingerprint density at radius 2 is 2.35 bits per heavy atom. The monoisotopic (exact) mass is 340 g/mol. The molecule has 2 rings (SSSR count). The third-order valence-corrected chi connectivity index (χ3v) is 5.42. The molecule has 1 aromatic rings. The van der Waals surface area contributed by atoms with Crippen LogP contribution in [0.1, 0.15) is 57.8 Å². The van der Waals surface area contributed by atoms with Gasteiger partial charge in [0, 0.05) is 23.8 Å². The van der Waals surface area contributed by atoms with Crippen LogP contribution in [0.4, 0.5) is 4.79 Å². The van der Waals surface area contributed by atoms with Gasteiger partial charge < -0.3 is 20.2 Å². The van der Waals surface area contributed by atoms with Gasteiger partial charge in [-0.2, -0.15) is 11.8 Å². The predicted octanol–water partition coefficient (Wildman–Crippen LogP) is 3.46. The molecule has 6 heteroatoms. The summed E-state index contributed by atoms with van der Waals surface area (Å²) in [4.78, 5) is 12.1. The van der Waals surface area contributed by atoms with Crippen molar-refractivity contribution < 1.29 is 14.3 Å². The van der Waals surface area contributed by atoms with Crippen LogP contribution < -0.4 is 10.6 Å². The maximum Gasteiger partial charge on any atom is 0.315 e. The zero-order chi connectivity index (χ0) is 16.7. The van der Waals surface area contributed by atoms with Gasteiger partial charge in [-0.15, -0.1) is 0 Å². The molecule has 1 aliphatic carbocycles. The number of hydrogen-bond acceptors (Lipinski definition) is 4. The van der Waals surface area contributed by atoms with Gasteiger partial charge in [0.15, 0.2) is 0 Å². The summed E-state index contributed by atoms with van der Waals surface area (Å²) in [5.74, 6) is 1.66. The molecule has 130 valence electrons. The summed E-state index contributed by atoms with van der Waals surface area (Å²) in [6.45, 7) is 4.07. The quantitative estimate of drug-likeness (QED) is 0.711. The van der Waals surface area contributed by atoms with Crippen molar-refractivity contribution in [2.75, 3.05) is 5.75 Å². The maximum atomic E-state index is 12.1. The molecule has 0 spiro atoms. The number of hydrogen-bond donors (Lipinski definition) is 3. The molecular formula is C17H28N2O3S. The minimum atomic E-state index is -0.694. The van der Waals surface area contributed by atoms with Gasteiger partial charge in [0.2, 0.25) is 0 Å². The van der Waals surface area contributed by atoms with E-state index in [2.05, 4.69) is 17.6 Å². The number of nitrogens with one attached hydrogen (secondary N) is 2. The van der Waals surface area contributed by atoms with Crippen LogP contribution in [0.3, 0.4) is 0 Å². The number of furan rings is 1. The molecule has 4 unspecified atom stereocenters. The highest BCUT2D eigenvalue weighted by molar-refractivity contribution is 7.99. The fraction of sp³-hybridized carbons (Fsp3) is 0.706. The number of aliphatic hydroxyl groups is 1. The van der Waals surface area contributed by atoms with E-state index in [-0.39, 0.29) is 18.1 Å². The van der Waals surface area contributed by atoms with Crippen LogP contribution in [-0.4, -0.2) is 34.2 Å². The Kier molecular flexibility index (Phi) is 7.30. The number of aliphatic hydroxyl groups excluding tert-OH is 1. The van der Waals surface area contributed by atoms with Gasteiger partial charge in [-0.1, -0.05) is 13.3 Å². The van der Waals surface area contributed by atoms with Gasteiger partial charge in [0.25, 0.3) is 0 Å². The Labute approximate surface area is 142 Å². The first kappa shape index (κ1) is 18.2. The molecule has 1 heterocycles. The molecule has 0 aliphatic heterocycles. The largest absolute Gasteiger partial charge is 0.467 e. The Morgan fingerprint density at radius 1 is 1.52 bits per heavy atom. The SMILES string of the molecule is CCSC1CCCC(NC(=O)NC(C)CC(O)c2ccco2)C1. The first-order valence-corrected chi connectivity index (χ1v) is 9.53. The fourth-order valence-electron chi connectivity index (χ4n) is 3.10. The summed E-state index contributed by atoms with van der Waals surface area (Å²) in [7, 11) is 0. The van der Waals surface area contributed by atoms with Crippen molar-refractivity contribution in [3.63, 3.8) is 0 Å². The lowest BCUT2D eigenvalue weighted by Crippen LogP contribution is -2.47. The second-order valence-corrected chi connectivity index (χ2v) is 7.80. The first-order chi connectivity index (χ1) is 11.1. The van der Waals surface area contributed by atoms with Crippen LogP contribution in [0.2, 0.25) is 0 Å². The topological polar surface area (TPSA) is 74.5 Å². The van der Waals surface area contributed by atoms with Gasteiger partial charge in [0.05, 0.1) is 6.26 Å². The number of carbonyl (C=O) groups is 1. The normalized spacial score (nSPS) is 24.0. The standard InChI is InChI=1S/C17H28N2O3S/c1-3-23-14-7-4-6-13(11-14)19-17(21)18-12(2)10-15(20)16-8-5-9-22-16/h5,8-9,12-15,20H,3-4,6-7,10-11H2,1-2H3,(H2,18,19,21). The number of thioether (sulfide) groups is 1. The highest BCUT2D eigenvalue weighted by atomic mass is 32.2. The average Bonchev–Trinajstić information content (AvgIpc) is 3.01. The molecule has 4 atom stereocenters. The van der Waals surface area contributed by atoms with E-state index in [0.29, 0.717) is 17.4 Å². The second kappa shape index (κ2) is 9.23. The Morgan fingerprint density at radius 3 is 3.04 bits per heavy atom. The molecule has 1 saturated carbocycles. The highest BCUT2D eigenvalue weighted by Crippen LogP contribution is 2.28. The third-order valence-electron chi connectivity index (χ3n) is 4.19. The molecule has 2 amide bonds. The van der Waals surface area contributed by atoms with Crippen molar-refractivity contribution >= 4 is 17.8 Å². The van der Waals surface area contributed by atoms with Crippen molar-refractivity contribution in [1.82, 2.24) is 10.6 Å². The summed E-state index contributed by atoms with van der Waals surface area (Å²) in [6, 6.07) is 3.48. The summed E-state index contributed by atoms with van der Waals surface area (Å²) in [6.07, 6.45) is 5.81. The van der Waals surface area contributed by atoms with E-state index < -0.39 is 6.10 Å².